The summed E-state index contributed by atoms with van der Waals surface area (Å²) in [6.45, 7) is 3.25. The number of rotatable bonds is 5. The molecule has 0 radical (unpaired) electrons. The summed E-state index contributed by atoms with van der Waals surface area (Å²) >= 11 is 0. The molecule has 3 aromatic carbocycles. The lowest BCUT2D eigenvalue weighted by Crippen LogP contribution is -2.22. The molecule has 0 bridgehead atoms. The lowest BCUT2D eigenvalue weighted by molar-refractivity contribution is 0.0951. The molecule has 134 valence electrons. The molecule has 0 aliphatic carbocycles. The Morgan fingerprint density at radius 1 is 1.00 bits per heavy atom. The van der Waals surface area contributed by atoms with Crippen LogP contribution >= 0.6 is 0 Å². The molecule has 0 unspecified atom stereocenters. The molecule has 0 saturated heterocycles. The van der Waals surface area contributed by atoms with Crippen molar-refractivity contribution in [1.29, 1.82) is 0 Å². The summed E-state index contributed by atoms with van der Waals surface area (Å²) in [5, 5.41) is 5.38. The molecule has 4 nitrogen and oxygen atoms in total. The number of aryl methyl sites for hydroxylation is 1. The van der Waals surface area contributed by atoms with Crippen LogP contribution in [0.4, 0.5) is 0 Å². The summed E-state index contributed by atoms with van der Waals surface area (Å²) in [6.07, 6.45) is 3.75. The lowest BCUT2D eigenvalue weighted by Gasteiger charge is -2.09. The highest BCUT2D eigenvalue weighted by molar-refractivity contribution is 5.94. The minimum Gasteiger partial charge on any atom is -0.348 e. The van der Waals surface area contributed by atoms with E-state index in [4.69, 9.17) is 0 Å². The monoisotopic (exact) mass is 355 g/mol. The minimum atomic E-state index is -0.0618. The molecule has 1 aromatic heterocycles. The number of fused-ring (bicyclic) bond motifs is 1. The Hall–Kier alpha value is -3.40. The van der Waals surface area contributed by atoms with Crippen LogP contribution in [0.2, 0.25) is 0 Å². The predicted octanol–water partition coefficient (Wildman–Crippen LogP) is 4.32. The number of nitrogens with one attached hydrogen (secondary N) is 1. The summed E-state index contributed by atoms with van der Waals surface area (Å²) in [4.78, 5) is 16.7. The second-order valence-corrected chi connectivity index (χ2v) is 6.62. The van der Waals surface area contributed by atoms with Crippen molar-refractivity contribution in [2.75, 3.05) is 0 Å². The average molecular weight is 355 g/mol. The Morgan fingerprint density at radius 2 is 1.78 bits per heavy atom. The maximum Gasteiger partial charge on any atom is 0.251 e. The van der Waals surface area contributed by atoms with Crippen molar-refractivity contribution < 1.29 is 4.79 Å². The van der Waals surface area contributed by atoms with Gasteiger partial charge in [0, 0.05) is 31.0 Å². The second-order valence-electron chi connectivity index (χ2n) is 6.62. The van der Waals surface area contributed by atoms with Crippen LogP contribution in [0, 0.1) is 6.92 Å². The molecule has 4 rings (SSSR count). The van der Waals surface area contributed by atoms with Crippen molar-refractivity contribution in [3.63, 3.8) is 0 Å². The first-order valence-electron chi connectivity index (χ1n) is 9.02. The number of nitrogens with zero attached hydrogens (tertiary/aromatic N) is 2. The van der Waals surface area contributed by atoms with E-state index in [-0.39, 0.29) is 5.91 Å². The molecule has 0 fully saturated rings. The molecule has 0 spiro atoms. The molecule has 0 aliphatic rings. The number of hydrogen-bond donors (Lipinski definition) is 1. The van der Waals surface area contributed by atoms with Crippen molar-refractivity contribution in [1.82, 2.24) is 14.9 Å². The fourth-order valence-electron chi connectivity index (χ4n) is 3.25. The molecular formula is C23H21N3O. The molecular weight excluding hydrogens is 334 g/mol. The van der Waals surface area contributed by atoms with Crippen molar-refractivity contribution in [2.24, 2.45) is 0 Å². The number of carbonyl (C=O) groups excluding carboxylic acids is 1. The standard InChI is InChI=1S/C23H21N3O/c1-17-24-13-14-26(17)16-18-9-11-20(12-10-18)23(27)25-15-21-7-4-6-19-5-2-3-8-22(19)21/h2-14H,15-16H2,1H3,(H,25,27). The summed E-state index contributed by atoms with van der Waals surface area (Å²) in [5.74, 6) is 0.917. The molecule has 0 saturated carbocycles. The van der Waals surface area contributed by atoms with Crippen LogP contribution in [0.25, 0.3) is 10.8 Å². The Balaban J connectivity index is 1.43. The van der Waals surface area contributed by atoms with Gasteiger partial charge in [0.15, 0.2) is 0 Å². The Labute approximate surface area is 158 Å². The molecule has 1 N–H and O–H groups in total. The van der Waals surface area contributed by atoms with Gasteiger partial charge in [0.05, 0.1) is 0 Å². The molecule has 0 aliphatic heterocycles. The number of amides is 1. The van der Waals surface area contributed by atoms with Gasteiger partial charge in [0.25, 0.3) is 5.91 Å². The molecule has 27 heavy (non-hydrogen) atoms. The first-order chi connectivity index (χ1) is 13.2. The van der Waals surface area contributed by atoms with E-state index in [2.05, 4.69) is 39.1 Å². The van der Waals surface area contributed by atoms with Gasteiger partial charge in [-0.2, -0.15) is 0 Å². The molecule has 4 aromatic rings. The van der Waals surface area contributed by atoms with Crippen LogP contribution in [0.3, 0.4) is 0 Å². The third-order valence-electron chi connectivity index (χ3n) is 4.81. The van der Waals surface area contributed by atoms with Crippen molar-refractivity contribution in [2.45, 2.75) is 20.0 Å². The van der Waals surface area contributed by atoms with Crippen LogP contribution in [0.5, 0.6) is 0 Å². The maximum atomic E-state index is 12.5. The third kappa shape index (κ3) is 3.75. The van der Waals surface area contributed by atoms with E-state index in [9.17, 15) is 4.79 Å². The first-order valence-corrected chi connectivity index (χ1v) is 9.02. The Kier molecular flexibility index (Phi) is 4.71. The number of imidazole rings is 1. The van der Waals surface area contributed by atoms with Gasteiger partial charge in [-0.15, -0.1) is 0 Å². The van der Waals surface area contributed by atoms with E-state index in [1.807, 2.05) is 55.6 Å². The van der Waals surface area contributed by atoms with Crippen molar-refractivity contribution >= 4 is 16.7 Å². The zero-order valence-corrected chi connectivity index (χ0v) is 15.2. The predicted molar refractivity (Wildman–Crippen MR) is 108 cm³/mol. The van der Waals surface area contributed by atoms with E-state index in [1.54, 1.807) is 6.20 Å². The highest BCUT2D eigenvalue weighted by Crippen LogP contribution is 2.18. The lowest BCUT2D eigenvalue weighted by atomic mass is 10.0. The number of benzene rings is 3. The van der Waals surface area contributed by atoms with Crippen LogP contribution in [0.15, 0.2) is 79.1 Å². The smallest absolute Gasteiger partial charge is 0.251 e. The summed E-state index contributed by atoms with van der Waals surface area (Å²) in [5.41, 5.74) is 2.93. The zero-order chi connectivity index (χ0) is 18.6. The van der Waals surface area contributed by atoms with Gasteiger partial charge in [0.2, 0.25) is 0 Å². The van der Waals surface area contributed by atoms with Crippen molar-refractivity contribution in [3.8, 4) is 0 Å². The van der Waals surface area contributed by atoms with Crippen LogP contribution in [-0.4, -0.2) is 15.5 Å². The minimum absolute atomic E-state index is 0.0618. The van der Waals surface area contributed by atoms with Gasteiger partial charge in [-0.05, 0) is 41.0 Å². The van der Waals surface area contributed by atoms with E-state index in [1.165, 1.54) is 10.8 Å². The van der Waals surface area contributed by atoms with Crippen molar-refractivity contribution in [3.05, 3.63) is 102 Å². The Morgan fingerprint density at radius 3 is 2.56 bits per heavy atom. The summed E-state index contributed by atoms with van der Waals surface area (Å²) < 4.78 is 2.08. The molecule has 1 amide bonds. The van der Waals surface area contributed by atoms with Gasteiger partial charge in [-0.25, -0.2) is 4.98 Å². The number of carbonyl (C=O) groups is 1. The third-order valence-corrected chi connectivity index (χ3v) is 4.81. The van der Waals surface area contributed by atoms with Gasteiger partial charge in [-0.1, -0.05) is 54.6 Å². The highest BCUT2D eigenvalue weighted by Gasteiger charge is 2.07. The SMILES string of the molecule is Cc1nccn1Cc1ccc(C(=O)NCc2cccc3ccccc23)cc1. The molecule has 4 heteroatoms. The van der Waals surface area contributed by atoms with Gasteiger partial charge in [-0.3, -0.25) is 4.79 Å². The van der Waals surface area contributed by atoms with Crippen LogP contribution < -0.4 is 5.32 Å². The van der Waals surface area contributed by atoms with Crippen LogP contribution in [0.1, 0.15) is 27.3 Å². The average Bonchev–Trinajstić information content (AvgIpc) is 3.11. The maximum absolute atomic E-state index is 12.5. The largest absolute Gasteiger partial charge is 0.348 e. The van der Waals surface area contributed by atoms with Gasteiger partial charge < -0.3 is 9.88 Å². The molecule has 0 atom stereocenters. The fourth-order valence-corrected chi connectivity index (χ4v) is 3.25. The quantitative estimate of drug-likeness (QED) is 0.579. The zero-order valence-electron chi connectivity index (χ0n) is 15.2. The van der Waals surface area contributed by atoms with Gasteiger partial charge in [0.1, 0.15) is 5.82 Å². The number of aromatic nitrogens is 2. The molecule has 1 heterocycles. The number of hydrogen-bond acceptors (Lipinski definition) is 2. The van der Waals surface area contributed by atoms with E-state index >= 15 is 0 Å². The van der Waals surface area contributed by atoms with Gasteiger partial charge >= 0.3 is 0 Å². The van der Waals surface area contributed by atoms with Crippen LogP contribution in [-0.2, 0) is 13.1 Å². The highest BCUT2D eigenvalue weighted by atomic mass is 16.1. The Bertz CT molecular complexity index is 1070. The first kappa shape index (κ1) is 17.0. The van der Waals surface area contributed by atoms with E-state index in [0.29, 0.717) is 12.1 Å². The fraction of sp³-hybridized carbons (Fsp3) is 0.130. The topological polar surface area (TPSA) is 46.9 Å². The summed E-state index contributed by atoms with van der Waals surface area (Å²) in [7, 11) is 0. The van der Waals surface area contributed by atoms with E-state index in [0.717, 1.165) is 23.5 Å². The second kappa shape index (κ2) is 7.46. The summed E-state index contributed by atoms with van der Waals surface area (Å²) in [6, 6.07) is 22.1. The normalized spacial score (nSPS) is 10.9. The van der Waals surface area contributed by atoms with E-state index < -0.39 is 0 Å².